The van der Waals surface area contributed by atoms with Gasteiger partial charge in [-0.1, -0.05) is 23.7 Å². The SMILES string of the molecule is COC(=O)Cc1ccc(-c2c(C#N)n([O-])c3cc(Cl)ccc3[n+]2=O)cc1. The van der Waals surface area contributed by atoms with E-state index in [2.05, 4.69) is 4.74 Å². The summed E-state index contributed by atoms with van der Waals surface area (Å²) in [5.74, 6) is -0.394. The third-order valence-corrected chi connectivity index (χ3v) is 4.15. The number of benzene rings is 2. The molecule has 8 heteroatoms. The van der Waals surface area contributed by atoms with Crippen LogP contribution in [0.25, 0.3) is 22.3 Å². The minimum atomic E-state index is -0.394. The van der Waals surface area contributed by atoms with E-state index < -0.39 is 5.97 Å². The topological polar surface area (TPSA) is 101 Å². The van der Waals surface area contributed by atoms with Crippen molar-refractivity contribution in [3.8, 4) is 17.3 Å². The Labute approximate surface area is 152 Å². The molecule has 0 radical (unpaired) electrons. The summed E-state index contributed by atoms with van der Waals surface area (Å²) < 4.78 is 5.54. The molecular formula is C18H12ClN3O4. The molecule has 26 heavy (non-hydrogen) atoms. The highest BCUT2D eigenvalue weighted by Gasteiger charge is 2.24. The van der Waals surface area contributed by atoms with Crippen LogP contribution in [0.5, 0.6) is 0 Å². The summed E-state index contributed by atoms with van der Waals surface area (Å²) in [6.45, 7) is 0. The monoisotopic (exact) mass is 369 g/mol. The number of carbonyl (C=O) groups excluding carboxylic acids is 1. The molecule has 0 spiro atoms. The van der Waals surface area contributed by atoms with Crippen molar-refractivity contribution in [3.05, 3.63) is 68.9 Å². The largest absolute Gasteiger partial charge is 0.804 e. The quantitative estimate of drug-likeness (QED) is 0.522. The lowest BCUT2D eigenvalue weighted by molar-refractivity contribution is -0.452. The summed E-state index contributed by atoms with van der Waals surface area (Å²) in [5, 5.41) is 22.2. The molecule has 0 aliphatic rings. The first kappa shape index (κ1) is 17.5. The van der Waals surface area contributed by atoms with Gasteiger partial charge in [0.1, 0.15) is 11.6 Å². The molecule has 1 aromatic heterocycles. The Morgan fingerprint density at radius 1 is 1.31 bits per heavy atom. The summed E-state index contributed by atoms with van der Waals surface area (Å²) in [6.07, 6.45) is 0.0804. The Morgan fingerprint density at radius 3 is 2.62 bits per heavy atom. The average molecular weight is 370 g/mol. The van der Waals surface area contributed by atoms with Crippen molar-refractivity contribution in [2.45, 2.75) is 6.42 Å². The zero-order valence-electron chi connectivity index (χ0n) is 13.6. The third-order valence-electron chi connectivity index (χ3n) is 3.91. The fourth-order valence-corrected chi connectivity index (χ4v) is 2.80. The van der Waals surface area contributed by atoms with Crippen molar-refractivity contribution >= 4 is 28.6 Å². The highest BCUT2D eigenvalue weighted by atomic mass is 35.5. The van der Waals surface area contributed by atoms with Gasteiger partial charge in [0.15, 0.2) is 5.69 Å². The number of fused-ring (bicyclic) bond motifs is 1. The maximum atomic E-state index is 12.8. The minimum Gasteiger partial charge on any atom is -0.804 e. The zero-order chi connectivity index (χ0) is 18.8. The first-order valence-electron chi connectivity index (χ1n) is 7.51. The van der Waals surface area contributed by atoms with Gasteiger partial charge in [-0.25, -0.2) is 0 Å². The summed E-state index contributed by atoms with van der Waals surface area (Å²) in [7, 11) is 1.30. The predicted octanol–water partition coefficient (Wildman–Crippen LogP) is 2.81. The van der Waals surface area contributed by atoms with E-state index in [0.29, 0.717) is 20.3 Å². The minimum absolute atomic E-state index is 0.00936. The Bertz CT molecular complexity index is 1110. The molecule has 0 unspecified atom stereocenters. The van der Waals surface area contributed by atoms with Crippen LogP contribution in [-0.2, 0) is 16.0 Å². The summed E-state index contributed by atoms with van der Waals surface area (Å²) in [4.78, 5) is 24.1. The van der Waals surface area contributed by atoms with Gasteiger partial charge in [-0.05, 0) is 29.8 Å². The van der Waals surface area contributed by atoms with Crippen LogP contribution in [-0.4, -0.2) is 17.8 Å². The highest BCUT2D eigenvalue weighted by Crippen LogP contribution is 2.25. The van der Waals surface area contributed by atoms with Gasteiger partial charge in [-0.2, -0.15) is 5.26 Å². The number of carbonyl (C=O) groups is 1. The van der Waals surface area contributed by atoms with Crippen molar-refractivity contribution in [2.24, 2.45) is 0 Å². The Balaban J connectivity index is 2.20. The molecular weight excluding hydrogens is 358 g/mol. The van der Waals surface area contributed by atoms with E-state index in [1.165, 1.54) is 25.3 Å². The number of methoxy groups -OCH3 is 1. The molecule has 0 amide bonds. The molecule has 130 valence electrons. The molecule has 0 saturated heterocycles. The number of hydrogen-bond acceptors (Lipinski definition) is 5. The average Bonchev–Trinajstić information content (AvgIpc) is 2.65. The fourth-order valence-electron chi connectivity index (χ4n) is 2.64. The molecule has 3 rings (SSSR count). The van der Waals surface area contributed by atoms with Gasteiger partial charge in [0.05, 0.1) is 23.5 Å². The van der Waals surface area contributed by atoms with Crippen LogP contribution in [0.4, 0.5) is 0 Å². The smallest absolute Gasteiger partial charge is 0.309 e. The molecule has 0 N–H and O–H groups in total. The Hall–Kier alpha value is -3.37. The highest BCUT2D eigenvalue weighted by molar-refractivity contribution is 6.31. The lowest BCUT2D eigenvalue weighted by atomic mass is 10.1. The van der Waals surface area contributed by atoms with Crippen molar-refractivity contribution in [1.82, 2.24) is 4.73 Å². The second-order valence-electron chi connectivity index (χ2n) is 5.48. The number of halogens is 1. The van der Waals surface area contributed by atoms with Gasteiger partial charge in [0.25, 0.3) is 5.52 Å². The Morgan fingerprint density at radius 2 is 2.00 bits per heavy atom. The first-order chi connectivity index (χ1) is 12.5. The molecule has 0 aliphatic carbocycles. The number of aromatic nitrogens is 2. The van der Waals surface area contributed by atoms with Gasteiger partial charge in [0, 0.05) is 16.0 Å². The van der Waals surface area contributed by atoms with Crippen LogP contribution >= 0.6 is 11.6 Å². The second-order valence-corrected chi connectivity index (χ2v) is 5.92. The molecule has 3 aromatic rings. The molecule has 0 aliphatic heterocycles. The van der Waals surface area contributed by atoms with Crippen LogP contribution in [0.2, 0.25) is 5.02 Å². The first-order valence-corrected chi connectivity index (χ1v) is 7.88. The Kier molecular flexibility index (Phi) is 4.61. The van der Waals surface area contributed by atoms with Crippen LogP contribution in [0.1, 0.15) is 11.3 Å². The van der Waals surface area contributed by atoms with E-state index in [9.17, 15) is 20.2 Å². The molecule has 0 saturated carbocycles. The summed E-state index contributed by atoms with van der Waals surface area (Å²) in [5.41, 5.74) is 0.760. The van der Waals surface area contributed by atoms with Crippen molar-refractivity contribution in [1.29, 1.82) is 5.26 Å². The summed E-state index contributed by atoms with van der Waals surface area (Å²) in [6, 6.07) is 12.5. The van der Waals surface area contributed by atoms with E-state index >= 15 is 0 Å². The fraction of sp³-hybridized carbons (Fsp3) is 0.111. The van der Waals surface area contributed by atoms with E-state index in [4.69, 9.17) is 11.6 Å². The lowest BCUT2D eigenvalue weighted by Crippen LogP contribution is -2.24. The zero-order valence-corrected chi connectivity index (χ0v) is 14.4. The van der Waals surface area contributed by atoms with Gasteiger partial charge in [-0.3, -0.25) is 4.79 Å². The molecule has 0 atom stereocenters. The van der Waals surface area contributed by atoms with E-state index in [0.717, 1.165) is 0 Å². The predicted molar refractivity (Wildman–Crippen MR) is 95.0 cm³/mol. The number of ether oxygens (including phenoxy) is 1. The van der Waals surface area contributed by atoms with Crippen LogP contribution in [0, 0.1) is 21.4 Å². The summed E-state index contributed by atoms with van der Waals surface area (Å²) >= 11 is 5.88. The van der Waals surface area contributed by atoms with Crippen molar-refractivity contribution in [2.75, 3.05) is 7.11 Å². The molecule has 2 aromatic carbocycles. The van der Waals surface area contributed by atoms with Gasteiger partial charge in [0.2, 0.25) is 0 Å². The molecule has 1 heterocycles. The maximum absolute atomic E-state index is 12.8. The molecule has 7 nitrogen and oxygen atoms in total. The third kappa shape index (κ3) is 2.98. The number of nitriles is 1. The second kappa shape index (κ2) is 6.86. The molecule has 0 bridgehead atoms. The van der Waals surface area contributed by atoms with Crippen LogP contribution < -0.4 is 4.43 Å². The van der Waals surface area contributed by atoms with Crippen molar-refractivity contribution in [3.63, 3.8) is 0 Å². The number of hydrogen-bond donors (Lipinski definition) is 0. The van der Waals surface area contributed by atoms with Crippen LogP contribution in [0.15, 0.2) is 42.5 Å². The van der Waals surface area contributed by atoms with E-state index in [-0.39, 0.29) is 33.9 Å². The van der Waals surface area contributed by atoms with Gasteiger partial charge >= 0.3 is 11.7 Å². The number of esters is 1. The molecule has 0 fully saturated rings. The lowest BCUT2D eigenvalue weighted by Gasteiger charge is -2.15. The van der Waals surface area contributed by atoms with E-state index in [1.54, 1.807) is 30.3 Å². The van der Waals surface area contributed by atoms with Gasteiger partial charge < -0.3 is 14.7 Å². The van der Waals surface area contributed by atoms with Gasteiger partial charge in [-0.15, -0.1) is 0 Å². The van der Waals surface area contributed by atoms with E-state index in [1.807, 2.05) is 0 Å². The maximum Gasteiger partial charge on any atom is 0.309 e. The normalized spacial score (nSPS) is 10.5. The van der Waals surface area contributed by atoms with Crippen LogP contribution in [0.3, 0.4) is 0 Å². The number of nitrogens with zero attached hydrogens (tertiary/aromatic N) is 3. The van der Waals surface area contributed by atoms with Crippen molar-refractivity contribution < 1.29 is 14.0 Å². The standard InChI is InChI=1S/C18H12ClN3O4/c1-26-17(23)8-11-2-4-12(5-3-11)18-16(10-20)21(24)15-9-13(19)6-7-14(15)22(18)25/h2-7,9H,8H2,1H3. The number of rotatable bonds is 3.